The normalized spacial score (nSPS) is 9.79. The van der Waals surface area contributed by atoms with Crippen molar-refractivity contribution in [3.8, 4) is 5.75 Å². The molecule has 0 aliphatic rings. The van der Waals surface area contributed by atoms with Gasteiger partial charge in [-0.2, -0.15) is 0 Å². The first-order valence-corrected chi connectivity index (χ1v) is 4.45. The Balaban J connectivity index is 2.63. The molecule has 3 nitrogen and oxygen atoms in total. The SMILES string of the molecule is [CH2]CCOc1cccc(CC(=O)O)c1. The summed E-state index contributed by atoms with van der Waals surface area (Å²) in [6.07, 6.45) is 0.727. The molecule has 0 aromatic heterocycles. The van der Waals surface area contributed by atoms with Crippen molar-refractivity contribution in [3.05, 3.63) is 36.8 Å². The lowest BCUT2D eigenvalue weighted by Gasteiger charge is -2.05. The van der Waals surface area contributed by atoms with E-state index in [9.17, 15) is 4.79 Å². The predicted octanol–water partition coefficient (Wildman–Crippen LogP) is 1.92. The van der Waals surface area contributed by atoms with Gasteiger partial charge >= 0.3 is 5.97 Å². The molecule has 0 saturated heterocycles. The molecular weight excluding hydrogens is 180 g/mol. The van der Waals surface area contributed by atoms with Gasteiger partial charge in [0.05, 0.1) is 13.0 Å². The van der Waals surface area contributed by atoms with Gasteiger partial charge in [-0.3, -0.25) is 4.79 Å². The summed E-state index contributed by atoms with van der Waals surface area (Å²) in [6.45, 7) is 4.20. The lowest BCUT2D eigenvalue weighted by atomic mass is 10.1. The maximum atomic E-state index is 10.4. The number of aliphatic carboxylic acids is 1. The minimum absolute atomic E-state index is 0.0293. The zero-order valence-electron chi connectivity index (χ0n) is 7.90. The summed E-state index contributed by atoms with van der Waals surface area (Å²) in [6, 6.07) is 7.10. The number of hydrogen-bond donors (Lipinski definition) is 1. The van der Waals surface area contributed by atoms with Crippen LogP contribution < -0.4 is 4.74 Å². The molecule has 1 N–H and O–H groups in total. The Morgan fingerprint density at radius 1 is 1.50 bits per heavy atom. The van der Waals surface area contributed by atoms with Gasteiger partial charge in [-0.25, -0.2) is 0 Å². The van der Waals surface area contributed by atoms with Gasteiger partial charge in [-0.15, -0.1) is 0 Å². The average molecular weight is 193 g/mol. The van der Waals surface area contributed by atoms with Crippen molar-refractivity contribution >= 4 is 5.97 Å². The van der Waals surface area contributed by atoms with E-state index < -0.39 is 5.97 Å². The Morgan fingerprint density at radius 2 is 2.29 bits per heavy atom. The number of hydrogen-bond acceptors (Lipinski definition) is 2. The number of carboxylic acid groups (broad SMARTS) is 1. The Bertz CT molecular complexity index is 307. The van der Waals surface area contributed by atoms with E-state index in [0.29, 0.717) is 18.8 Å². The van der Waals surface area contributed by atoms with Crippen molar-refractivity contribution in [2.75, 3.05) is 6.61 Å². The molecule has 14 heavy (non-hydrogen) atoms. The molecule has 0 atom stereocenters. The molecule has 0 unspecified atom stereocenters. The molecule has 0 heterocycles. The molecule has 1 rings (SSSR count). The second-order valence-electron chi connectivity index (χ2n) is 2.92. The first-order chi connectivity index (χ1) is 6.72. The van der Waals surface area contributed by atoms with Gasteiger partial charge in [0.1, 0.15) is 5.75 Å². The van der Waals surface area contributed by atoms with Crippen molar-refractivity contribution < 1.29 is 14.6 Å². The summed E-state index contributed by atoms with van der Waals surface area (Å²) in [4.78, 5) is 10.4. The van der Waals surface area contributed by atoms with E-state index in [2.05, 4.69) is 6.92 Å². The van der Waals surface area contributed by atoms with Gasteiger partial charge in [-0.1, -0.05) is 12.1 Å². The zero-order valence-corrected chi connectivity index (χ0v) is 7.90. The molecule has 1 aromatic carbocycles. The van der Waals surface area contributed by atoms with Crippen LogP contribution in [-0.4, -0.2) is 17.7 Å². The summed E-state index contributed by atoms with van der Waals surface area (Å²) in [7, 11) is 0. The van der Waals surface area contributed by atoms with E-state index >= 15 is 0 Å². The number of ether oxygens (including phenoxy) is 1. The van der Waals surface area contributed by atoms with Crippen molar-refractivity contribution in [2.45, 2.75) is 12.8 Å². The quantitative estimate of drug-likeness (QED) is 0.777. The van der Waals surface area contributed by atoms with Crippen LogP contribution >= 0.6 is 0 Å². The Kier molecular flexibility index (Phi) is 3.98. The fourth-order valence-corrected chi connectivity index (χ4v) is 1.11. The summed E-state index contributed by atoms with van der Waals surface area (Å²) in [5.41, 5.74) is 0.749. The van der Waals surface area contributed by atoms with Crippen LogP contribution in [0.4, 0.5) is 0 Å². The van der Waals surface area contributed by atoms with Crippen LogP contribution in [0, 0.1) is 6.92 Å². The highest BCUT2D eigenvalue weighted by Gasteiger charge is 2.01. The van der Waals surface area contributed by atoms with E-state index in [4.69, 9.17) is 9.84 Å². The monoisotopic (exact) mass is 193 g/mol. The van der Waals surface area contributed by atoms with Crippen molar-refractivity contribution in [1.29, 1.82) is 0 Å². The van der Waals surface area contributed by atoms with Crippen molar-refractivity contribution in [2.24, 2.45) is 0 Å². The maximum Gasteiger partial charge on any atom is 0.307 e. The van der Waals surface area contributed by atoms with Crippen LogP contribution in [0.3, 0.4) is 0 Å². The highest BCUT2D eigenvalue weighted by atomic mass is 16.5. The molecule has 3 heteroatoms. The second kappa shape index (κ2) is 5.27. The number of rotatable bonds is 5. The van der Waals surface area contributed by atoms with Crippen LogP contribution in [0.5, 0.6) is 5.75 Å². The van der Waals surface area contributed by atoms with Crippen LogP contribution in [0.2, 0.25) is 0 Å². The fourth-order valence-electron chi connectivity index (χ4n) is 1.11. The second-order valence-corrected chi connectivity index (χ2v) is 2.92. The van der Waals surface area contributed by atoms with Crippen LogP contribution in [0.25, 0.3) is 0 Å². The van der Waals surface area contributed by atoms with E-state index in [1.807, 2.05) is 0 Å². The van der Waals surface area contributed by atoms with Gasteiger partial charge in [-0.05, 0) is 31.0 Å². The number of carbonyl (C=O) groups is 1. The van der Waals surface area contributed by atoms with Gasteiger partial charge in [0.2, 0.25) is 0 Å². The summed E-state index contributed by atoms with van der Waals surface area (Å²) in [5, 5.41) is 8.58. The van der Waals surface area contributed by atoms with Gasteiger partial charge in [0.15, 0.2) is 0 Å². The third-order valence-corrected chi connectivity index (χ3v) is 1.67. The maximum absolute atomic E-state index is 10.4. The predicted molar refractivity (Wildman–Crippen MR) is 53.3 cm³/mol. The minimum Gasteiger partial charge on any atom is -0.494 e. The number of carboxylic acids is 1. The van der Waals surface area contributed by atoms with E-state index in [-0.39, 0.29) is 6.42 Å². The molecular formula is C11H13O3. The summed E-state index contributed by atoms with van der Waals surface area (Å²) in [5.74, 6) is -0.133. The Morgan fingerprint density at radius 3 is 2.93 bits per heavy atom. The van der Waals surface area contributed by atoms with Crippen molar-refractivity contribution in [1.82, 2.24) is 0 Å². The molecule has 0 spiro atoms. The molecule has 0 saturated carbocycles. The molecule has 75 valence electrons. The first-order valence-electron chi connectivity index (χ1n) is 4.45. The minimum atomic E-state index is -0.834. The lowest BCUT2D eigenvalue weighted by Crippen LogP contribution is -2.01. The molecule has 0 amide bonds. The largest absolute Gasteiger partial charge is 0.494 e. The van der Waals surface area contributed by atoms with E-state index in [1.165, 1.54) is 0 Å². The molecule has 0 aliphatic heterocycles. The fraction of sp³-hybridized carbons (Fsp3) is 0.273. The molecule has 0 aliphatic carbocycles. The summed E-state index contributed by atoms with van der Waals surface area (Å²) >= 11 is 0. The van der Waals surface area contributed by atoms with E-state index in [0.717, 1.165) is 5.56 Å². The molecule has 1 radical (unpaired) electrons. The molecule has 0 fully saturated rings. The summed E-state index contributed by atoms with van der Waals surface area (Å²) < 4.78 is 5.32. The van der Waals surface area contributed by atoms with Crippen LogP contribution in [0.15, 0.2) is 24.3 Å². The average Bonchev–Trinajstić information content (AvgIpc) is 2.14. The van der Waals surface area contributed by atoms with Gasteiger partial charge in [0.25, 0.3) is 0 Å². The highest BCUT2D eigenvalue weighted by molar-refractivity contribution is 5.70. The van der Waals surface area contributed by atoms with Crippen LogP contribution in [0.1, 0.15) is 12.0 Å². The van der Waals surface area contributed by atoms with Crippen molar-refractivity contribution in [3.63, 3.8) is 0 Å². The molecule has 1 aromatic rings. The third-order valence-electron chi connectivity index (χ3n) is 1.67. The van der Waals surface area contributed by atoms with Crippen LogP contribution in [-0.2, 0) is 11.2 Å². The smallest absolute Gasteiger partial charge is 0.307 e. The highest BCUT2D eigenvalue weighted by Crippen LogP contribution is 2.13. The Labute approximate surface area is 83.3 Å². The lowest BCUT2D eigenvalue weighted by molar-refractivity contribution is -0.136. The van der Waals surface area contributed by atoms with Gasteiger partial charge in [0, 0.05) is 0 Å². The first kappa shape index (κ1) is 10.6. The van der Waals surface area contributed by atoms with Gasteiger partial charge < -0.3 is 9.84 Å². The van der Waals surface area contributed by atoms with E-state index in [1.54, 1.807) is 24.3 Å². The standard InChI is InChI=1S/C11H13O3/c1-2-6-14-10-5-3-4-9(7-10)8-11(12)13/h3-5,7H,1-2,6,8H2,(H,12,13). The Hall–Kier alpha value is -1.51. The third kappa shape index (κ3) is 3.47. The number of benzene rings is 1. The molecule has 0 bridgehead atoms. The topological polar surface area (TPSA) is 46.5 Å². The zero-order chi connectivity index (χ0) is 10.4.